The molecule has 2 aliphatic rings. The molecule has 2 aliphatic carbocycles. The lowest BCUT2D eigenvalue weighted by atomic mass is 9.73. The molecule has 0 saturated heterocycles. The smallest absolute Gasteiger partial charge is 0.407 e. The Hall–Kier alpha value is -3.35. The van der Waals surface area contributed by atoms with Crippen LogP contribution in [0.5, 0.6) is 0 Å². The quantitative estimate of drug-likeness (QED) is 0.537. The first kappa shape index (κ1) is 22.8. The van der Waals surface area contributed by atoms with Crippen LogP contribution in [0.4, 0.5) is 4.79 Å². The van der Waals surface area contributed by atoms with Gasteiger partial charge in [0, 0.05) is 24.9 Å². The number of ether oxygens (including phenoxy) is 1. The third-order valence-electron chi connectivity index (χ3n) is 6.57. The van der Waals surface area contributed by atoms with Crippen LogP contribution in [0.25, 0.3) is 11.1 Å². The predicted octanol–water partition coefficient (Wildman–Crippen LogP) is 3.92. The van der Waals surface area contributed by atoms with Crippen LogP contribution in [0.2, 0.25) is 0 Å². The fraction of sp³-hybridized carbons (Fsp3) is 0.423. The van der Waals surface area contributed by atoms with Gasteiger partial charge in [-0.3, -0.25) is 9.59 Å². The highest BCUT2D eigenvalue weighted by molar-refractivity contribution is 5.79. The molecule has 0 aliphatic heterocycles. The molecule has 2 aromatic carbocycles. The van der Waals surface area contributed by atoms with Gasteiger partial charge in [-0.05, 0) is 53.9 Å². The largest absolute Gasteiger partial charge is 0.481 e. The van der Waals surface area contributed by atoms with Crippen LogP contribution < -0.4 is 10.6 Å². The molecule has 1 saturated carbocycles. The molecular formula is C26H30N2O5. The molecule has 7 heteroatoms. The second-order valence-electron chi connectivity index (χ2n) is 9.18. The molecule has 0 heterocycles. The van der Waals surface area contributed by atoms with E-state index in [4.69, 9.17) is 9.84 Å². The monoisotopic (exact) mass is 450 g/mol. The summed E-state index contributed by atoms with van der Waals surface area (Å²) in [6, 6.07) is 16.1. The van der Waals surface area contributed by atoms with E-state index in [0.29, 0.717) is 25.5 Å². The summed E-state index contributed by atoms with van der Waals surface area (Å²) in [4.78, 5) is 35.0. The highest BCUT2D eigenvalue weighted by Gasteiger charge is 2.32. The van der Waals surface area contributed by atoms with Gasteiger partial charge in [0.05, 0.1) is 6.42 Å². The first-order valence-corrected chi connectivity index (χ1v) is 11.5. The van der Waals surface area contributed by atoms with E-state index < -0.39 is 12.1 Å². The van der Waals surface area contributed by atoms with Crippen molar-refractivity contribution >= 4 is 18.0 Å². The molecule has 0 aromatic heterocycles. The normalized spacial score (nSPS) is 19.5. The summed E-state index contributed by atoms with van der Waals surface area (Å²) in [6.07, 6.45) is 1.63. The lowest BCUT2D eigenvalue weighted by Crippen LogP contribution is -2.40. The summed E-state index contributed by atoms with van der Waals surface area (Å²) >= 11 is 0. The van der Waals surface area contributed by atoms with Crippen LogP contribution in [-0.4, -0.2) is 42.3 Å². The number of hydrogen-bond acceptors (Lipinski definition) is 4. The number of alkyl carbamates (subject to hydrolysis) is 1. The molecule has 1 unspecified atom stereocenters. The highest BCUT2D eigenvalue weighted by Crippen LogP contribution is 2.44. The minimum absolute atomic E-state index is 0.0401. The van der Waals surface area contributed by atoms with Gasteiger partial charge in [0.15, 0.2) is 0 Å². The van der Waals surface area contributed by atoms with Gasteiger partial charge < -0.3 is 20.5 Å². The van der Waals surface area contributed by atoms with Crippen LogP contribution in [-0.2, 0) is 14.3 Å². The molecule has 0 radical (unpaired) electrons. The van der Waals surface area contributed by atoms with E-state index in [1.807, 2.05) is 24.3 Å². The number of hydrogen-bond donors (Lipinski definition) is 3. The number of rotatable bonds is 9. The van der Waals surface area contributed by atoms with Crippen LogP contribution in [0, 0.1) is 11.8 Å². The zero-order valence-corrected chi connectivity index (χ0v) is 18.8. The summed E-state index contributed by atoms with van der Waals surface area (Å²) in [5, 5.41) is 14.3. The Labute approximate surface area is 193 Å². The number of carboxylic acid groups (broad SMARTS) is 1. The maximum atomic E-state index is 12.3. The summed E-state index contributed by atoms with van der Waals surface area (Å²) in [7, 11) is 0. The lowest BCUT2D eigenvalue weighted by molar-refractivity contribution is -0.137. The molecule has 1 fully saturated rings. The van der Waals surface area contributed by atoms with Gasteiger partial charge >= 0.3 is 12.1 Å². The van der Waals surface area contributed by atoms with Crippen molar-refractivity contribution in [1.82, 2.24) is 10.6 Å². The Morgan fingerprint density at radius 3 is 2.21 bits per heavy atom. The number of aliphatic carboxylic acids is 1. The maximum Gasteiger partial charge on any atom is 0.407 e. The van der Waals surface area contributed by atoms with Crippen LogP contribution in [0.3, 0.4) is 0 Å². The van der Waals surface area contributed by atoms with E-state index in [-0.39, 0.29) is 30.2 Å². The third-order valence-corrected chi connectivity index (χ3v) is 6.57. The molecule has 0 spiro atoms. The Morgan fingerprint density at radius 2 is 1.61 bits per heavy atom. The van der Waals surface area contributed by atoms with E-state index in [1.165, 1.54) is 22.3 Å². The van der Waals surface area contributed by atoms with Gasteiger partial charge in [0.1, 0.15) is 6.61 Å². The van der Waals surface area contributed by atoms with Crippen molar-refractivity contribution in [2.24, 2.45) is 11.8 Å². The Kier molecular flexibility index (Phi) is 6.96. The maximum absolute atomic E-state index is 12.3. The number of carboxylic acids is 1. The van der Waals surface area contributed by atoms with Crippen LogP contribution in [0.15, 0.2) is 48.5 Å². The topological polar surface area (TPSA) is 105 Å². The minimum atomic E-state index is -0.925. The van der Waals surface area contributed by atoms with Crippen molar-refractivity contribution in [2.45, 2.75) is 44.6 Å². The number of carbonyl (C=O) groups is 3. The van der Waals surface area contributed by atoms with E-state index in [0.717, 1.165) is 12.8 Å². The van der Waals surface area contributed by atoms with Crippen molar-refractivity contribution in [2.75, 3.05) is 13.2 Å². The molecule has 1 atom stereocenters. The number of benzene rings is 2. The third kappa shape index (κ3) is 5.53. The molecule has 33 heavy (non-hydrogen) atoms. The first-order valence-electron chi connectivity index (χ1n) is 11.5. The molecular weight excluding hydrogens is 420 g/mol. The van der Waals surface area contributed by atoms with Gasteiger partial charge in [-0.1, -0.05) is 48.5 Å². The number of fused-ring (bicyclic) bond motifs is 3. The van der Waals surface area contributed by atoms with Crippen molar-refractivity contribution in [1.29, 1.82) is 0 Å². The van der Waals surface area contributed by atoms with Crippen molar-refractivity contribution < 1.29 is 24.2 Å². The fourth-order valence-electron chi connectivity index (χ4n) is 4.99. The zero-order valence-electron chi connectivity index (χ0n) is 18.8. The van der Waals surface area contributed by atoms with Crippen LogP contribution >= 0.6 is 0 Å². The van der Waals surface area contributed by atoms with Crippen LogP contribution in [0.1, 0.15) is 49.7 Å². The molecule has 4 rings (SSSR count). The highest BCUT2D eigenvalue weighted by atomic mass is 16.5. The summed E-state index contributed by atoms with van der Waals surface area (Å²) in [6.45, 7) is 2.51. The first-order chi connectivity index (χ1) is 15.9. The molecule has 2 amide bonds. The van der Waals surface area contributed by atoms with Gasteiger partial charge in [0.2, 0.25) is 5.91 Å². The number of carbonyl (C=O) groups excluding carboxylic acids is 2. The number of nitrogens with one attached hydrogen (secondary N) is 2. The molecule has 174 valence electrons. The van der Waals surface area contributed by atoms with E-state index in [1.54, 1.807) is 6.92 Å². The second-order valence-corrected chi connectivity index (χ2v) is 9.18. The standard InChI is InChI=1S/C26H30N2O5/c1-16(10-25(30)31)28-24(29)13-17-11-18(12-17)14-27-26(32)33-15-23-21-8-4-2-6-19(21)20-7-3-5-9-22(20)23/h2-9,16-18,23H,10-15H2,1H3,(H,27,32)(H,28,29)(H,30,31). The molecule has 0 bridgehead atoms. The van der Waals surface area contributed by atoms with Gasteiger partial charge in [-0.15, -0.1) is 0 Å². The van der Waals surface area contributed by atoms with Gasteiger partial charge in [-0.25, -0.2) is 4.79 Å². The number of amides is 2. The van der Waals surface area contributed by atoms with E-state index >= 15 is 0 Å². The Balaban J connectivity index is 1.17. The summed E-state index contributed by atoms with van der Waals surface area (Å²) in [5.74, 6) is -0.392. The lowest BCUT2D eigenvalue weighted by Gasteiger charge is -2.35. The molecule has 2 aromatic rings. The second kappa shape index (κ2) is 10.1. The SMILES string of the molecule is CC(CC(=O)O)NC(=O)CC1CC(CNC(=O)OCC2c3ccccc3-c3ccccc32)C1. The van der Waals surface area contributed by atoms with E-state index in [9.17, 15) is 14.4 Å². The average molecular weight is 451 g/mol. The zero-order chi connectivity index (χ0) is 23.4. The van der Waals surface area contributed by atoms with Crippen molar-refractivity contribution in [3.63, 3.8) is 0 Å². The Morgan fingerprint density at radius 1 is 1.00 bits per heavy atom. The molecule has 3 N–H and O–H groups in total. The summed E-state index contributed by atoms with van der Waals surface area (Å²) < 4.78 is 5.56. The van der Waals surface area contributed by atoms with Crippen molar-refractivity contribution in [3.05, 3.63) is 59.7 Å². The molecule has 7 nitrogen and oxygen atoms in total. The predicted molar refractivity (Wildman–Crippen MR) is 124 cm³/mol. The Bertz CT molecular complexity index is 985. The average Bonchev–Trinajstić information content (AvgIpc) is 3.07. The van der Waals surface area contributed by atoms with Gasteiger partial charge in [-0.2, -0.15) is 0 Å². The fourth-order valence-corrected chi connectivity index (χ4v) is 4.99. The van der Waals surface area contributed by atoms with Gasteiger partial charge in [0.25, 0.3) is 0 Å². The summed E-state index contributed by atoms with van der Waals surface area (Å²) in [5.41, 5.74) is 4.77. The van der Waals surface area contributed by atoms with Crippen molar-refractivity contribution in [3.8, 4) is 11.1 Å². The van der Waals surface area contributed by atoms with E-state index in [2.05, 4.69) is 34.9 Å². The minimum Gasteiger partial charge on any atom is -0.481 e.